The van der Waals surface area contributed by atoms with Crippen LogP contribution in [0.4, 0.5) is 4.39 Å². The van der Waals surface area contributed by atoms with Crippen LogP contribution >= 0.6 is 11.6 Å². The van der Waals surface area contributed by atoms with E-state index in [9.17, 15) is 4.39 Å². The minimum absolute atomic E-state index is 0.0301. The Balaban J connectivity index is 3.27. The van der Waals surface area contributed by atoms with Gasteiger partial charge in [0.2, 0.25) is 0 Å². The molecule has 1 rings (SSSR count). The molecule has 0 aliphatic heterocycles. The summed E-state index contributed by atoms with van der Waals surface area (Å²) >= 11 is 5.42. The first-order valence-electron chi connectivity index (χ1n) is 3.00. The average molecular weight is 190 g/mol. The quantitative estimate of drug-likeness (QED) is 0.403. The van der Waals surface area contributed by atoms with E-state index < -0.39 is 5.82 Å². The lowest BCUT2D eigenvalue weighted by Gasteiger charge is -1.99. The van der Waals surface area contributed by atoms with Gasteiger partial charge in [0.1, 0.15) is 11.6 Å². The van der Waals surface area contributed by atoms with E-state index in [0.29, 0.717) is 0 Å². The van der Waals surface area contributed by atoms with Crippen molar-refractivity contribution in [3.8, 4) is 5.75 Å². The highest BCUT2D eigenvalue weighted by molar-refractivity contribution is 6.32. The first-order chi connectivity index (χ1) is 5.65. The van der Waals surface area contributed by atoms with Crippen LogP contribution in [0.1, 0.15) is 5.56 Å². The van der Waals surface area contributed by atoms with Crippen molar-refractivity contribution in [2.45, 2.75) is 0 Å². The molecule has 0 unspecified atom stereocenters. The SMILES string of the molecule is O/N=C\c1cc(F)cc(Cl)c1O. The van der Waals surface area contributed by atoms with E-state index in [4.69, 9.17) is 21.9 Å². The number of hydrogen-bond donors (Lipinski definition) is 2. The van der Waals surface area contributed by atoms with Gasteiger partial charge in [0.15, 0.2) is 0 Å². The van der Waals surface area contributed by atoms with Crippen molar-refractivity contribution in [3.05, 3.63) is 28.5 Å². The lowest BCUT2D eigenvalue weighted by molar-refractivity contribution is 0.321. The van der Waals surface area contributed by atoms with Crippen molar-refractivity contribution >= 4 is 17.8 Å². The van der Waals surface area contributed by atoms with Gasteiger partial charge in [-0.25, -0.2) is 4.39 Å². The molecule has 0 aliphatic carbocycles. The van der Waals surface area contributed by atoms with Crippen molar-refractivity contribution in [3.63, 3.8) is 0 Å². The smallest absolute Gasteiger partial charge is 0.143 e. The Hall–Kier alpha value is -1.29. The molecule has 0 saturated carbocycles. The van der Waals surface area contributed by atoms with Gasteiger partial charge in [-0.15, -0.1) is 0 Å². The molecular weight excluding hydrogens is 185 g/mol. The Bertz CT molecular complexity index is 327. The molecule has 12 heavy (non-hydrogen) atoms. The highest BCUT2D eigenvalue weighted by atomic mass is 35.5. The van der Waals surface area contributed by atoms with E-state index in [2.05, 4.69) is 5.16 Å². The third-order valence-electron chi connectivity index (χ3n) is 1.25. The zero-order valence-corrected chi connectivity index (χ0v) is 6.59. The average Bonchev–Trinajstić information content (AvgIpc) is 2.00. The molecule has 0 radical (unpaired) electrons. The van der Waals surface area contributed by atoms with E-state index in [-0.39, 0.29) is 16.3 Å². The van der Waals surface area contributed by atoms with Gasteiger partial charge in [-0.05, 0) is 12.1 Å². The second-order valence-electron chi connectivity index (χ2n) is 2.07. The normalized spacial score (nSPS) is 10.8. The molecule has 0 fully saturated rings. The van der Waals surface area contributed by atoms with Gasteiger partial charge < -0.3 is 10.3 Å². The predicted octanol–water partition coefficient (Wildman–Crippen LogP) is 1.99. The van der Waals surface area contributed by atoms with Crippen LogP contribution in [0.15, 0.2) is 17.3 Å². The summed E-state index contributed by atoms with van der Waals surface area (Å²) in [4.78, 5) is 0. The van der Waals surface area contributed by atoms with Gasteiger partial charge in [-0.3, -0.25) is 0 Å². The van der Waals surface area contributed by atoms with Crippen molar-refractivity contribution in [2.75, 3.05) is 0 Å². The lowest BCUT2D eigenvalue weighted by atomic mass is 10.2. The molecule has 0 saturated heterocycles. The van der Waals surface area contributed by atoms with Gasteiger partial charge in [0, 0.05) is 5.56 Å². The van der Waals surface area contributed by atoms with Crippen molar-refractivity contribution in [1.29, 1.82) is 0 Å². The zero-order valence-electron chi connectivity index (χ0n) is 5.83. The second-order valence-corrected chi connectivity index (χ2v) is 2.48. The van der Waals surface area contributed by atoms with E-state index in [0.717, 1.165) is 18.3 Å². The first kappa shape index (κ1) is 8.80. The summed E-state index contributed by atoms with van der Waals surface area (Å²) in [5.41, 5.74) is 0.0301. The maximum atomic E-state index is 12.6. The van der Waals surface area contributed by atoms with Crippen LogP contribution in [0.3, 0.4) is 0 Å². The Morgan fingerprint density at radius 2 is 2.17 bits per heavy atom. The molecule has 5 heteroatoms. The number of aromatic hydroxyl groups is 1. The Morgan fingerprint density at radius 3 is 2.75 bits per heavy atom. The summed E-state index contributed by atoms with van der Waals surface area (Å²) in [7, 11) is 0. The van der Waals surface area contributed by atoms with Crippen LogP contribution in [0, 0.1) is 5.82 Å². The van der Waals surface area contributed by atoms with Crippen LogP contribution in [0.2, 0.25) is 5.02 Å². The number of phenols is 1. The number of phenolic OH excluding ortho intramolecular Hbond substituents is 1. The number of halogens is 2. The van der Waals surface area contributed by atoms with Crippen LogP contribution in [-0.4, -0.2) is 16.5 Å². The Labute approximate surface area is 72.7 Å². The van der Waals surface area contributed by atoms with E-state index >= 15 is 0 Å². The van der Waals surface area contributed by atoms with E-state index in [1.807, 2.05) is 0 Å². The summed E-state index contributed by atoms with van der Waals surface area (Å²) in [5, 5.41) is 19.8. The summed E-state index contributed by atoms with van der Waals surface area (Å²) in [6, 6.07) is 1.96. The standard InChI is InChI=1S/C7H5ClFNO2/c8-6-2-5(9)1-4(3-10-12)7(6)11/h1-3,11-12H/b10-3-. The van der Waals surface area contributed by atoms with Crippen LogP contribution in [-0.2, 0) is 0 Å². The monoisotopic (exact) mass is 189 g/mol. The maximum absolute atomic E-state index is 12.6. The minimum atomic E-state index is -0.604. The molecule has 3 nitrogen and oxygen atoms in total. The third-order valence-corrected chi connectivity index (χ3v) is 1.54. The van der Waals surface area contributed by atoms with Gasteiger partial charge in [0.05, 0.1) is 11.2 Å². The minimum Gasteiger partial charge on any atom is -0.506 e. The molecule has 1 aromatic carbocycles. The number of rotatable bonds is 1. The fourth-order valence-electron chi connectivity index (χ4n) is 0.746. The molecule has 0 atom stereocenters. The summed E-state index contributed by atoms with van der Waals surface area (Å²) in [6.45, 7) is 0. The fraction of sp³-hybridized carbons (Fsp3) is 0. The number of nitrogens with zero attached hydrogens (tertiary/aromatic N) is 1. The number of oxime groups is 1. The van der Waals surface area contributed by atoms with Gasteiger partial charge >= 0.3 is 0 Å². The summed E-state index contributed by atoms with van der Waals surface area (Å²) in [5.74, 6) is -0.913. The molecule has 0 aromatic heterocycles. The van der Waals surface area contributed by atoms with E-state index in [1.165, 1.54) is 0 Å². The van der Waals surface area contributed by atoms with Crippen LogP contribution < -0.4 is 0 Å². The first-order valence-corrected chi connectivity index (χ1v) is 3.38. The molecule has 0 spiro atoms. The summed E-state index contributed by atoms with van der Waals surface area (Å²) < 4.78 is 12.6. The molecule has 0 heterocycles. The fourth-order valence-corrected chi connectivity index (χ4v) is 0.960. The van der Waals surface area contributed by atoms with Gasteiger partial charge in [0.25, 0.3) is 0 Å². The largest absolute Gasteiger partial charge is 0.506 e. The molecule has 64 valence electrons. The second kappa shape index (κ2) is 3.40. The zero-order chi connectivity index (χ0) is 9.14. The third kappa shape index (κ3) is 1.65. The van der Waals surface area contributed by atoms with Crippen molar-refractivity contribution < 1.29 is 14.7 Å². The number of hydrogen-bond acceptors (Lipinski definition) is 3. The Morgan fingerprint density at radius 1 is 1.50 bits per heavy atom. The molecule has 1 aromatic rings. The molecule has 0 aliphatic rings. The molecule has 0 bridgehead atoms. The van der Waals surface area contributed by atoms with Crippen molar-refractivity contribution in [1.82, 2.24) is 0 Å². The van der Waals surface area contributed by atoms with E-state index in [1.54, 1.807) is 0 Å². The number of benzene rings is 1. The topological polar surface area (TPSA) is 52.8 Å². The molecular formula is C7H5ClFNO2. The van der Waals surface area contributed by atoms with Crippen molar-refractivity contribution in [2.24, 2.45) is 5.16 Å². The highest BCUT2D eigenvalue weighted by Crippen LogP contribution is 2.27. The predicted molar refractivity (Wildman–Crippen MR) is 42.5 cm³/mol. The lowest BCUT2D eigenvalue weighted by Crippen LogP contribution is -1.86. The van der Waals surface area contributed by atoms with Crippen LogP contribution in [0.25, 0.3) is 0 Å². The molecule has 0 amide bonds. The summed E-state index contributed by atoms with van der Waals surface area (Å²) in [6.07, 6.45) is 0.893. The maximum Gasteiger partial charge on any atom is 0.143 e. The molecule has 2 N–H and O–H groups in total. The van der Waals surface area contributed by atoms with Gasteiger partial charge in [-0.2, -0.15) is 0 Å². The van der Waals surface area contributed by atoms with Gasteiger partial charge in [-0.1, -0.05) is 16.8 Å². The highest BCUT2D eigenvalue weighted by Gasteiger charge is 2.06. The van der Waals surface area contributed by atoms with Crippen LogP contribution in [0.5, 0.6) is 5.75 Å². The Kier molecular flexibility index (Phi) is 2.50.